The number of carboxylic acid groups (broad SMARTS) is 1. The van der Waals surface area contributed by atoms with E-state index in [1.807, 2.05) is 38.1 Å². The third-order valence-corrected chi connectivity index (χ3v) is 4.17. The summed E-state index contributed by atoms with van der Waals surface area (Å²) in [6.45, 7) is 5.74. The van der Waals surface area contributed by atoms with Gasteiger partial charge in [-0.25, -0.2) is 0 Å². The molecule has 2 unspecified atom stereocenters. The minimum atomic E-state index is -0.892. The van der Waals surface area contributed by atoms with E-state index in [1.165, 1.54) is 0 Å². The number of para-hydroxylation sites is 1. The molecule has 108 valence electrons. The van der Waals surface area contributed by atoms with Gasteiger partial charge in [-0.1, -0.05) is 45.4 Å². The maximum Gasteiger partial charge on any atom is 0.307 e. The molecule has 0 heterocycles. The van der Waals surface area contributed by atoms with Gasteiger partial charge in [0.15, 0.2) is 0 Å². The Hall–Kier alpha value is -1.84. The van der Waals surface area contributed by atoms with E-state index in [0.29, 0.717) is 0 Å². The molecule has 4 heteroatoms. The van der Waals surface area contributed by atoms with E-state index in [2.05, 4.69) is 12.2 Å². The summed E-state index contributed by atoms with van der Waals surface area (Å²) in [6, 6.07) is 7.68. The van der Waals surface area contributed by atoms with Gasteiger partial charge in [-0.05, 0) is 23.5 Å². The van der Waals surface area contributed by atoms with Crippen LogP contribution in [0.1, 0.15) is 32.8 Å². The van der Waals surface area contributed by atoms with Crippen LogP contribution in [0.2, 0.25) is 0 Å². The van der Waals surface area contributed by atoms with Gasteiger partial charge in [-0.2, -0.15) is 0 Å². The molecule has 2 N–H and O–H groups in total. The van der Waals surface area contributed by atoms with Gasteiger partial charge in [0.1, 0.15) is 0 Å². The van der Waals surface area contributed by atoms with Crippen molar-refractivity contribution in [1.29, 1.82) is 0 Å². The van der Waals surface area contributed by atoms with Gasteiger partial charge in [-0.15, -0.1) is 0 Å². The fourth-order valence-electron chi connectivity index (χ4n) is 2.93. The molecule has 1 aromatic carbocycles. The first-order valence-corrected chi connectivity index (χ1v) is 7.01. The average molecular weight is 275 g/mol. The largest absolute Gasteiger partial charge is 0.481 e. The van der Waals surface area contributed by atoms with Gasteiger partial charge in [0, 0.05) is 5.69 Å². The Kier molecular flexibility index (Phi) is 3.84. The molecule has 0 radical (unpaired) electrons. The summed E-state index contributed by atoms with van der Waals surface area (Å²) in [7, 11) is 0. The molecule has 0 spiro atoms. The number of nitrogens with one attached hydrogen (secondary N) is 1. The zero-order valence-corrected chi connectivity index (χ0v) is 12.1. The molecule has 1 saturated carbocycles. The molecule has 0 aliphatic heterocycles. The van der Waals surface area contributed by atoms with Crippen LogP contribution >= 0.6 is 0 Å². The summed E-state index contributed by atoms with van der Waals surface area (Å²) >= 11 is 0. The van der Waals surface area contributed by atoms with Crippen molar-refractivity contribution >= 4 is 17.6 Å². The molecule has 1 amide bonds. The van der Waals surface area contributed by atoms with Crippen molar-refractivity contribution in [3.8, 4) is 0 Å². The van der Waals surface area contributed by atoms with Gasteiger partial charge in [0.25, 0.3) is 0 Å². The van der Waals surface area contributed by atoms with Crippen LogP contribution in [-0.4, -0.2) is 17.0 Å². The number of anilines is 1. The van der Waals surface area contributed by atoms with E-state index in [0.717, 1.165) is 24.1 Å². The van der Waals surface area contributed by atoms with Crippen molar-refractivity contribution in [3.63, 3.8) is 0 Å². The number of aliphatic carboxylic acids is 1. The molecule has 1 fully saturated rings. The number of carboxylic acids is 1. The van der Waals surface area contributed by atoms with Crippen molar-refractivity contribution in [2.24, 2.45) is 17.3 Å². The lowest BCUT2D eigenvalue weighted by Crippen LogP contribution is -2.18. The van der Waals surface area contributed by atoms with E-state index < -0.39 is 23.2 Å². The number of carbonyl (C=O) groups excluding carboxylic acids is 1. The Bertz CT molecular complexity index is 536. The van der Waals surface area contributed by atoms with Crippen molar-refractivity contribution in [1.82, 2.24) is 0 Å². The number of carbonyl (C=O) groups is 2. The molecule has 0 saturated heterocycles. The SMILES string of the molecule is CCCc1ccccc1NC(=O)C1C(C(=O)O)C1(C)C. The van der Waals surface area contributed by atoms with Crippen molar-refractivity contribution in [2.45, 2.75) is 33.6 Å². The second-order valence-corrected chi connectivity index (χ2v) is 6.01. The van der Waals surface area contributed by atoms with Crippen LogP contribution in [0, 0.1) is 17.3 Å². The first kappa shape index (κ1) is 14.6. The van der Waals surface area contributed by atoms with Crippen LogP contribution < -0.4 is 5.32 Å². The lowest BCUT2D eigenvalue weighted by atomic mass is 10.1. The van der Waals surface area contributed by atoms with Crippen LogP contribution in [0.3, 0.4) is 0 Å². The molecular formula is C16H21NO3. The Morgan fingerprint density at radius 1 is 1.25 bits per heavy atom. The molecular weight excluding hydrogens is 254 g/mol. The van der Waals surface area contributed by atoms with E-state index in [-0.39, 0.29) is 5.91 Å². The molecule has 20 heavy (non-hydrogen) atoms. The van der Waals surface area contributed by atoms with Crippen LogP contribution in [0.5, 0.6) is 0 Å². The van der Waals surface area contributed by atoms with Gasteiger partial charge >= 0.3 is 5.97 Å². The second kappa shape index (κ2) is 5.27. The Morgan fingerprint density at radius 3 is 2.45 bits per heavy atom. The zero-order chi connectivity index (χ0) is 14.9. The normalized spacial score (nSPS) is 23.1. The standard InChI is InChI=1S/C16H21NO3/c1-4-7-10-8-5-6-9-11(10)17-14(18)12-13(15(19)20)16(12,2)3/h5-6,8-9,12-13H,4,7H2,1-3H3,(H,17,18)(H,19,20). The minimum absolute atomic E-state index is 0.189. The molecule has 2 rings (SSSR count). The molecule has 1 aliphatic rings. The minimum Gasteiger partial charge on any atom is -0.481 e. The van der Waals surface area contributed by atoms with Crippen LogP contribution in [-0.2, 0) is 16.0 Å². The molecule has 1 aliphatic carbocycles. The number of aryl methyl sites for hydroxylation is 1. The molecule has 0 bridgehead atoms. The highest BCUT2D eigenvalue weighted by Gasteiger charge is 2.65. The summed E-state index contributed by atoms with van der Waals surface area (Å²) in [5, 5.41) is 12.0. The molecule has 2 atom stereocenters. The predicted octanol–water partition coefficient (Wildman–Crippen LogP) is 2.93. The molecule has 4 nitrogen and oxygen atoms in total. The fourth-order valence-corrected chi connectivity index (χ4v) is 2.93. The maximum atomic E-state index is 12.3. The summed E-state index contributed by atoms with van der Waals surface area (Å²) in [4.78, 5) is 23.4. The topological polar surface area (TPSA) is 66.4 Å². The monoisotopic (exact) mass is 275 g/mol. The highest BCUT2D eigenvalue weighted by Crippen LogP contribution is 2.58. The van der Waals surface area contributed by atoms with Crippen LogP contribution in [0.25, 0.3) is 0 Å². The molecule has 0 aromatic heterocycles. The Balaban J connectivity index is 2.12. The first-order valence-electron chi connectivity index (χ1n) is 7.01. The van der Waals surface area contributed by atoms with Gasteiger partial charge in [0.05, 0.1) is 11.8 Å². The molecule has 1 aromatic rings. The van der Waals surface area contributed by atoms with E-state index in [4.69, 9.17) is 5.11 Å². The summed E-state index contributed by atoms with van der Waals surface area (Å²) in [6.07, 6.45) is 1.90. The summed E-state index contributed by atoms with van der Waals surface area (Å²) < 4.78 is 0. The Labute approximate surface area is 119 Å². The highest BCUT2D eigenvalue weighted by atomic mass is 16.4. The fraction of sp³-hybridized carbons (Fsp3) is 0.500. The van der Waals surface area contributed by atoms with Crippen molar-refractivity contribution in [3.05, 3.63) is 29.8 Å². The number of rotatable bonds is 5. The third-order valence-electron chi connectivity index (χ3n) is 4.17. The first-order chi connectivity index (χ1) is 9.39. The number of hydrogen-bond acceptors (Lipinski definition) is 2. The lowest BCUT2D eigenvalue weighted by molar-refractivity contribution is -0.140. The van der Waals surface area contributed by atoms with E-state index in [1.54, 1.807) is 0 Å². The predicted molar refractivity (Wildman–Crippen MR) is 77.5 cm³/mol. The number of amides is 1. The van der Waals surface area contributed by atoms with Crippen LogP contribution in [0.4, 0.5) is 5.69 Å². The number of benzene rings is 1. The van der Waals surface area contributed by atoms with Crippen LogP contribution in [0.15, 0.2) is 24.3 Å². The lowest BCUT2D eigenvalue weighted by Gasteiger charge is -2.11. The maximum absolute atomic E-state index is 12.3. The third kappa shape index (κ3) is 2.55. The average Bonchev–Trinajstić information content (AvgIpc) is 2.95. The summed E-state index contributed by atoms with van der Waals surface area (Å²) in [5.74, 6) is -2.11. The quantitative estimate of drug-likeness (QED) is 0.868. The van der Waals surface area contributed by atoms with Crippen molar-refractivity contribution in [2.75, 3.05) is 5.32 Å². The highest BCUT2D eigenvalue weighted by molar-refractivity contribution is 6.00. The second-order valence-electron chi connectivity index (χ2n) is 6.01. The smallest absolute Gasteiger partial charge is 0.307 e. The zero-order valence-electron chi connectivity index (χ0n) is 12.1. The van der Waals surface area contributed by atoms with Crippen molar-refractivity contribution < 1.29 is 14.7 Å². The number of hydrogen-bond donors (Lipinski definition) is 2. The van der Waals surface area contributed by atoms with Gasteiger partial charge in [0.2, 0.25) is 5.91 Å². The van der Waals surface area contributed by atoms with Gasteiger partial charge < -0.3 is 10.4 Å². The van der Waals surface area contributed by atoms with E-state index >= 15 is 0 Å². The van der Waals surface area contributed by atoms with E-state index in [9.17, 15) is 9.59 Å². The van der Waals surface area contributed by atoms with Gasteiger partial charge in [-0.3, -0.25) is 9.59 Å². The Morgan fingerprint density at radius 2 is 1.90 bits per heavy atom. The summed E-state index contributed by atoms with van der Waals surface area (Å²) in [5.41, 5.74) is 1.43.